The molecule has 1 aliphatic rings. The Hall–Kier alpha value is -0.390. The smallest absolute Gasteiger partial charge is 0.311 e. The Morgan fingerprint density at radius 3 is 2.67 bits per heavy atom. The van der Waals surface area contributed by atoms with E-state index in [1.165, 1.54) is 30.6 Å². The average molecular weight is 332 g/mol. The second kappa shape index (κ2) is 6.68. The van der Waals surface area contributed by atoms with E-state index in [1.54, 1.807) is 0 Å². The van der Waals surface area contributed by atoms with Crippen molar-refractivity contribution in [3.05, 3.63) is 20.8 Å². The first-order chi connectivity index (χ1) is 8.66. The molecule has 2 heterocycles. The predicted octanol–water partition coefficient (Wildman–Crippen LogP) is 3.55. The molecule has 5 heteroatoms. The van der Waals surface area contributed by atoms with Gasteiger partial charge >= 0.3 is 5.97 Å². The van der Waals surface area contributed by atoms with E-state index in [4.69, 9.17) is 0 Å². The molecule has 1 aromatic rings. The van der Waals surface area contributed by atoms with Crippen LogP contribution in [0.4, 0.5) is 0 Å². The van der Waals surface area contributed by atoms with Crippen molar-refractivity contribution in [3.63, 3.8) is 0 Å². The van der Waals surface area contributed by atoms with Gasteiger partial charge in [0.25, 0.3) is 0 Å². The maximum Gasteiger partial charge on any atom is 0.311 e. The van der Waals surface area contributed by atoms with Gasteiger partial charge in [-0.1, -0.05) is 6.42 Å². The molecule has 0 radical (unpaired) electrons. The van der Waals surface area contributed by atoms with Gasteiger partial charge in [-0.05, 0) is 67.0 Å². The van der Waals surface area contributed by atoms with E-state index in [0.29, 0.717) is 6.42 Å². The highest BCUT2D eigenvalue weighted by atomic mass is 79.9. The Kier molecular flexibility index (Phi) is 5.21. The lowest BCUT2D eigenvalue weighted by Gasteiger charge is -2.27. The van der Waals surface area contributed by atoms with Crippen molar-refractivity contribution in [3.8, 4) is 0 Å². The topological polar surface area (TPSA) is 40.5 Å². The van der Waals surface area contributed by atoms with Crippen LogP contribution >= 0.6 is 27.3 Å². The van der Waals surface area contributed by atoms with Crippen molar-refractivity contribution in [2.24, 2.45) is 0 Å². The molecule has 18 heavy (non-hydrogen) atoms. The number of carboxylic acid groups (broad SMARTS) is 1. The summed E-state index contributed by atoms with van der Waals surface area (Å²) in [6, 6.07) is 3.85. The Morgan fingerprint density at radius 2 is 2.11 bits per heavy atom. The van der Waals surface area contributed by atoms with E-state index in [9.17, 15) is 9.90 Å². The number of halogens is 1. The molecule has 1 aromatic heterocycles. The molecule has 1 fully saturated rings. The lowest BCUT2D eigenvalue weighted by Crippen LogP contribution is -2.32. The molecule has 2 rings (SSSR count). The number of likely N-dealkylation sites (tertiary alicyclic amines) is 1. The number of carbonyl (C=O) groups is 1. The van der Waals surface area contributed by atoms with Gasteiger partial charge in [-0.25, -0.2) is 0 Å². The molecule has 1 N–H and O–H groups in total. The van der Waals surface area contributed by atoms with Crippen molar-refractivity contribution in [2.75, 3.05) is 19.6 Å². The van der Waals surface area contributed by atoms with Crippen LogP contribution in [0.3, 0.4) is 0 Å². The number of nitrogens with zero attached hydrogens (tertiary/aromatic N) is 1. The molecular formula is C13H18BrNO2S. The van der Waals surface area contributed by atoms with Crippen LogP contribution in [0.2, 0.25) is 0 Å². The van der Waals surface area contributed by atoms with Crippen molar-refractivity contribution < 1.29 is 9.90 Å². The zero-order valence-corrected chi connectivity index (χ0v) is 12.7. The van der Waals surface area contributed by atoms with Crippen LogP contribution in [0.1, 0.15) is 36.5 Å². The van der Waals surface area contributed by atoms with Gasteiger partial charge in [0.2, 0.25) is 0 Å². The molecule has 0 spiro atoms. The molecule has 1 atom stereocenters. The van der Waals surface area contributed by atoms with Crippen molar-refractivity contribution >= 4 is 33.2 Å². The predicted molar refractivity (Wildman–Crippen MR) is 77.3 cm³/mol. The van der Waals surface area contributed by atoms with Crippen LogP contribution in [0.15, 0.2) is 15.9 Å². The van der Waals surface area contributed by atoms with Gasteiger partial charge in [0, 0.05) is 4.88 Å². The average Bonchev–Trinajstić information content (AvgIpc) is 2.77. The highest BCUT2D eigenvalue weighted by molar-refractivity contribution is 9.11. The number of carboxylic acids is 1. The molecule has 0 amide bonds. The molecule has 1 unspecified atom stereocenters. The number of hydrogen-bond acceptors (Lipinski definition) is 3. The molecule has 3 nitrogen and oxygen atoms in total. The third kappa shape index (κ3) is 3.80. The monoisotopic (exact) mass is 331 g/mol. The van der Waals surface area contributed by atoms with Gasteiger partial charge in [-0.3, -0.25) is 4.79 Å². The van der Waals surface area contributed by atoms with Crippen LogP contribution in [0, 0.1) is 0 Å². The minimum atomic E-state index is -0.707. The fourth-order valence-electron chi connectivity index (χ4n) is 2.40. The summed E-state index contributed by atoms with van der Waals surface area (Å²) in [6.45, 7) is 3.15. The number of hydrogen-bond donors (Lipinski definition) is 1. The van der Waals surface area contributed by atoms with Gasteiger partial charge in [-0.15, -0.1) is 11.3 Å². The third-order valence-electron chi connectivity index (χ3n) is 3.42. The van der Waals surface area contributed by atoms with Crippen LogP contribution < -0.4 is 0 Å². The standard InChI is InChI=1S/C13H18BrNO2S/c14-12-5-4-11(18-12)10(13(16)17)6-9-15-7-2-1-3-8-15/h4-5,10H,1-3,6-9H2,(H,16,17). The molecule has 1 saturated heterocycles. The summed E-state index contributed by atoms with van der Waals surface area (Å²) in [7, 11) is 0. The van der Waals surface area contributed by atoms with Crippen LogP contribution in [-0.4, -0.2) is 35.6 Å². The Bertz CT molecular complexity index is 401. The Labute approximate surface area is 120 Å². The zero-order chi connectivity index (χ0) is 13.0. The number of piperidine rings is 1. The van der Waals surface area contributed by atoms with Gasteiger partial charge in [0.05, 0.1) is 9.70 Å². The highest BCUT2D eigenvalue weighted by Crippen LogP contribution is 2.31. The lowest BCUT2D eigenvalue weighted by atomic mass is 10.0. The second-order valence-electron chi connectivity index (χ2n) is 4.72. The van der Waals surface area contributed by atoms with Gasteiger partial charge in [-0.2, -0.15) is 0 Å². The number of rotatable bonds is 5. The molecule has 0 saturated carbocycles. The molecule has 0 aliphatic carbocycles. The van der Waals surface area contributed by atoms with E-state index >= 15 is 0 Å². The van der Waals surface area contributed by atoms with Gasteiger partial charge in [0.15, 0.2) is 0 Å². The zero-order valence-electron chi connectivity index (χ0n) is 10.3. The number of thiophene rings is 1. The van der Waals surface area contributed by atoms with Crippen molar-refractivity contribution in [1.82, 2.24) is 4.90 Å². The largest absolute Gasteiger partial charge is 0.481 e. The molecule has 100 valence electrons. The second-order valence-corrected chi connectivity index (χ2v) is 7.22. The van der Waals surface area contributed by atoms with E-state index < -0.39 is 5.97 Å². The summed E-state index contributed by atoms with van der Waals surface area (Å²) in [4.78, 5) is 14.7. The van der Waals surface area contributed by atoms with Crippen LogP contribution in [-0.2, 0) is 4.79 Å². The maximum atomic E-state index is 11.4. The first-order valence-corrected chi connectivity index (χ1v) is 7.98. The summed E-state index contributed by atoms with van der Waals surface area (Å²) in [5.41, 5.74) is 0. The van der Waals surface area contributed by atoms with E-state index in [2.05, 4.69) is 20.8 Å². The van der Waals surface area contributed by atoms with Crippen LogP contribution in [0.25, 0.3) is 0 Å². The lowest BCUT2D eigenvalue weighted by molar-refractivity contribution is -0.139. The molecule has 1 aliphatic heterocycles. The summed E-state index contributed by atoms with van der Waals surface area (Å²) in [5, 5.41) is 9.34. The quantitative estimate of drug-likeness (QED) is 0.896. The normalized spacial score (nSPS) is 18.7. The number of aliphatic carboxylic acids is 1. The first kappa shape index (κ1) is 14.0. The van der Waals surface area contributed by atoms with E-state index in [0.717, 1.165) is 28.3 Å². The summed E-state index contributed by atoms with van der Waals surface area (Å²) in [6.07, 6.45) is 4.53. The fourth-order valence-corrected chi connectivity index (χ4v) is 3.95. The van der Waals surface area contributed by atoms with Crippen LogP contribution in [0.5, 0.6) is 0 Å². The summed E-state index contributed by atoms with van der Waals surface area (Å²) in [5.74, 6) is -1.07. The Balaban J connectivity index is 1.92. The summed E-state index contributed by atoms with van der Waals surface area (Å²) >= 11 is 4.92. The first-order valence-electron chi connectivity index (χ1n) is 6.37. The third-order valence-corrected chi connectivity index (χ3v) is 5.16. The maximum absolute atomic E-state index is 11.4. The molecular weight excluding hydrogens is 314 g/mol. The SMILES string of the molecule is O=C(O)C(CCN1CCCCC1)c1ccc(Br)s1. The highest BCUT2D eigenvalue weighted by Gasteiger charge is 2.22. The Morgan fingerprint density at radius 1 is 1.39 bits per heavy atom. The minimum Gasteiger partial charge on any atom is -0.481 e. The van der Waals surface area contributed by atoms with E-state index in [-0.39, 0.29) is 5.92 Å². The van der Waals surface area contributed by atoms with Gasteiger partial charge < -0.3 is 10.0 Å². The molecule has 0 aromatic carbocycles. The molecule has 0 bridgehead atoms. The minimum absolute atomic E-state index is 0.358. The fraction of sp³-hybridized carbons (Fsp3) is 0.615. The van der Waals surface area contributed by atoms with Gasteiger partial charge in [0.1, 0.15) is 0 Å². The van der Waals surface area contributed by atoms with Crippen molar-refractivity contribution in [2.45, 2.75) is 31.6 Å². The summed E-state index contributed by atoms with van der Waals surface area (Å²) < 4.78 is 1.00. The van der Waals surface area contributed by atoms with E-state index in [1.807, 2.05) is 12.1 Å². The van der Waals surface area contributed by atoms with Crippen molar-refractivity contribution in [1.29, 1.82) is 0 Å².